The number of thiophene rings is 1. The van der Waals surface area contributed by atoms with Gasteiger partial charge in [-0.2, -0.15) is 0 Å². The molecule has 128 valence electrons. The molecule has 0 spiro atoms. The van der Waals surface area contributed by atoms with Crippen LogP contribution in [-0.4, -0.2) is 28.1 Å². The monoisotopic (exact) mass is 360 g/mol. The quantitative estimate of drug-likeness (QED) is 0.309. The van der Waals surface area contributed by atoms with E-state index in [1.54, 1.807) is 12.3 Å². The fraction of sp³-hybridized carbons (Fsp3) is 0.133. The molecule has 0 aliphatic rings. The molecule has 0 bridgehead atoms. The van der Waals surface area contributed by atoms with Crippen LogP contribution in [0.5, 0.6) is 5.88 Å². The lowest BCUT2D eigenvalue weighted by Gasteiger charge is -1.98. The topological polar surface area (TPSA) is 130 Å². The number of ether oxygens (including phenoxy) is 1. The Labute approximate surface area is 144 Å². The number of aryl methyl sites for hydroxylation is 1. The van der Waals surface area contributed by atoms with E-state index < -0.39 is 10.9 Å². The molecule has 0 atom stereocenters. The number of aromatic amines is 1. The van der Waals surface area contributed by atoms with Crippen LogP contribution in [0.15, 0.2) is 33.8 Å². The van der Waals surface area contributed by atoms with E-state index in [-0.39, 0.29) is 22.1 Å². The zero-order valence-electron chi connectivity index (χ0n) is 13.1. The number of esters is 1. The Morgan fingerprint density at radius 2 is 2.08 bits per heavy atom. The normalized spacial score (nSPS) is 11.3. The number of carbonyl (C=O) groups excluding carboxylic acids is 1. The number of rotatable bonds is 4. The van der Waals surface area contributed by atoms with Gasteiger partial charge in [0.05, 0.1) is 17.5 Å². The van der Waals surface area contributed by atoms with Gasteiger partial charge in [-0.25, -0.2) is 4.79 Å². The molecule has 0 saturated heterocycles. The van der Waals surface area contributed by atoms with Crippen molar-refractivity contribution < 1.29 is 19.6 Å². The SMILES string of the molecule is COC(=O)c1scc(C)c1N=Nc1c(O)[nH]c2ccc([N+](=O)[O-])cc12. The number of azo groups is 1. The average molecular weight is 360 g/mol. The number of carbonyl (C=O) groups is 1. The Bertz CT molecular complexity index is 1020. The van der Waals surface area contributed by atoms with Gasteiger partial charge in [0, 0.05) is 17.5 Å². The van der Waals surface area contributed by atoms with E-state index in [4.69, 9.17) is 4.74 Å². The molecule has 10 heteroatoms. The van der Waals surface area contributed by atoms with Gasteiger partial charge in [-0.3, -0.25) is 10.1 Å². The largest absolute Gasteiger partial charge is 0.493 e. The number of H-pyrrole nitrogens is 1. The van der Waals surface area contributed by atoms with Crippen LogP contribution in [0.25, 0.3) is 10.9 Å². The molecule has 0 aliphatic heterocycles. The van der Waals surface area contributed by atoms with Gasteiger partial charge in [-0.1, -0.05) is 0 Å². The van der Waals surface area contributed by atoms with Crippen molar-refractivity contribution in [3.63, 3.8) is 0 Å². The van der Waals surface area contributed by atoms with Crippen molar-refractivity contribution in [2.45, 2.75) is 6.92 Å². The van der Waals surface area contributed by atoms with Crippen LogP contribution in [0.3, 0.4) is 0 Å². The standard InChI is InChI=1S/C15H12N4O5S/c1-7-6-25-13(15(21)24-2)11(7)17-18-12-9-5-8(19(22)23)3-4-10(9)16-14(12)20/h3-6,16,20H,1-2H3. The molecular weight excluding hydrogens is 348 g/mol. The summed E-state index contributed by atoms with van der Waals surface area (Å²) >= 11 is 1.17. The molecule has 25 heavy (non-hydrogen) atoms. The third-order valence-corrected chi connectivity index (χ3v) is 4.58. The maximum atomic E-state index is 11.8. The Hall–Kier alpha value is -3.27. The molecule has 0 saturated carbocycles. The van der Waals surface area contributed by atoms with Gasteiger partial charge >= 0.3 is 5.97 Å². The fourth-order valence-electron chi connectivity index (χ4n) is 2.27. The summed E-state index contributed by atoms with van der Waals surface area (Å²) in [6.45, 7) is 1.76. The summed E-state index contributed by atoms with van der Waals surface area (Å²) < 4.78 is 4.70. The van der Waals surface area contributed by atoms with E-state index in [1.807, 2.05) is 0 Å². The maximum absolute atomic E-state index is 11.8. The Morgan fingerprint density at radius 3 is 2.76 bits per heavy atom. The minimum absolute atomic E-state index is 0.0557. The predicted octanol–water partition coefficient (Wildman–Crippen LogP) is 4.35. The molecule has 2 heterocycles. The number of non-ortho nitro benzene ring substituents is 1. The van der Waals surface area contributed by atoms with Crippen molar-refractivity contribution in [3.05, 3.63) is 44.1 Å². The molecule has 2 N–H and O–H groups in total. The third kappa shape index (κ3) is 2.94. The van der Waals surface area contributed by atoms with E-state index in [0.717, 1.165) is 5.56 Å². The van der Waals surface area contributed by atoms with Gasteiger partial charge in [-0.05, 0) is 23.9 Å². The summed E-state index contributed by atoms with van der Waals surface area (Å²) in [6.07, 6.45) is 0. The number of aromatic nitrogens is 1. The zero-order chi connectivity index (χ0) is 18.1. The van der Waals surface area contributed by atoms with Gasteiger partial charge in [0.25, 0.3) is 5.69 Å². The minimum atomic E-state index is -0.539. The van der Waals surface area contributed by atoms with Gasteiger partial charge < -0.3 is 14.8 Å². The number of aromatic hydroxyl groups is 1. The lowest BCUT2D eigenvalue weighted by atomic mass is 10.2. The zero-order valence-corrected chi connectivity index (χ0v) is 14.0. The second kappa shape index (κ2) is 6.32. The molecule has 0 fully saturated rings. The molecule has 1 aromatic carbocycles. The first-order valence-corrected chi connectivity index (χ1v) is 7.87. The van der Waals surface area contributed by atoms with Crippen molar-refractivity contribution in [2.24, 2.45) is 10.2 Å². The van der Waals surface area contributed by atoms with Gasteiger partial charge in [0.1, 0.15) is 10.6 Å². The molecule has 0 amide bonds. The average Bonchev–Trinajstić information content (AvgIpc) is 3.11. The first-order valence-electron chi connectivity index (χ1n) is 6.99. The van der Waals surface area contributed by atoms with E-state index in [9.17, 15) is 20.0 Å². The van der Waals surface area contributed by atoms with E-state index in [1.165, 1.54) is 36.6 Å². The molecule has 3 rings (SSSR count). The highest BCUT2D eigenvalue weighted by Crippen LogP contribution is 2.39. The summed E-state index contributed by atoms with van der Waals surface area (Å²) in [5.41, 5.74) is 1.45. The number of hydrogen-bond donors (Lipinski definition) is 2. The molecule has 9 nitrogen and oxygen atoms in total. The van der Waals surface area contributed by atoms with Gasteiger partial charge in [0.2, 0.25) is 5.88 Å². The lowest BCUT2D eigenvalue weighted by molar-refractivity contribution is -0.384. The lowest BCUT2D eigenvalue weighted by Crippen LogP contribution is -1.97. The van der Waals surface area contributed by atoms with Crippen LogP contribution < -0.4 is 0 Å². The van der Waals surface area contributed by atoms with Crippen molar-refractivity contribution in [3.8, 4) is 5.88 Å². The number of nitro benzene ring substituents is 1. The van der Waals surface area contributed by atoms with E-state index in [2.05, 4.69) is 15.2 Å². The number of hydrogen-bond acceptors (Lipinski definition) is 8. The summed E-state index contributed by atoms with van der Waals surface area (Å²) in [5.74, 6) is -0.808. The Kier molecular flexibility index (Phi) is 4.19. The van der Waals surface area contributed by atoms with Crippen molar-refractivity contribution in [2.75, 3.05) is 7.11 Å². The van der Waals surface area contributed by atoms with Crippen molar-refractivity contribution in [1.82, 2.24) is 4.98 Å². The van der Waals surface area contributed by atoms with Crippen LogP contribution in [-0.2, 0) is 4.74 Å². The highest BCUT2D eigenvalue weighted by molar-refractivity contribution is 7.12. The van der Waals surface area contributed by atoms with Gasteiger partial charge in [0.15, 0.2) is 5.69 Å². The number of nitrogens with zero attached hydrogens (tertiary/aromatic N) is 3. The predicted molar refractivity (Wildman–Crippen MR) is 91.2 cm³/mol. The van der Waals surface area contributed by atoms with E-state index >= 15 is 0 Å². The maximum Gasteiger partial charge on any atom is 0.350 e. The fourth-order valence-corrected chi connectivity index (χ4v) is 3.17. The smallest absolute Gasteiger partial charge is 0.350 e. The number of nitrogens with one attached hydrogen (secondary N) is 1. The van der Waals surface area contributed by atoms with Crippen LogP contribution >= 0.6 is 11.3 Å². The third-order valence-electron chi connectivity index (χ3n) is 3.51. The van der Waals surface area contributed by atoms with Crippen molar-refractivity contribution >= 4 is 45.3 Å². The van der Waals surface area contributed by atoms with Crippen LogP contribution in [0, 0.1) is 17.0 Å². The second-order valence-corrected chi connectivity index (χ2v) is 5.98. The van der Waals surface area contributed by atoms with Crippen LogP contribution in [0.1, 0.15) is 15.2 Å². The number of nitro groups is 1. The summed E-state index contributed by atoms with van der Waals surface area (Å²) in [5, 5.41) is 31.1. The van der Waals surface area contributed by atoms with Gasteiger partial charge in [-0.15, -0.1) is 21.6 Å². The molecular formula is C15H12N4O5S. The molecule has 0 unspecified atom stereocenters. The number of methoxy groups -OCH3 is 1. The van der Waals surface area contributed by atoms with Crippen LogP contribution in [0.4, 0.5) is 17.1 Å². The van der Waals surface area contributed by atoms with Crippen LogP contribution in [0.2, 0.25) is 0 Å². The minimum Gasteiger partial charge on any atom is -0.493 e. The Balaban J connectivity index is 2.09. The van der Waals surface area contributed by atoms with Crippen molar-refractivity contribution in [1.29, 1.82) is 0 Å². The molecule has 3 aromatic rings. The molecule has 2 aromatic heterocycles. The molecule has 0 radical (unpaired) electrons. The van der Waals surface area contributed by atoms with E-state index in [0.29, 0.717) is 16.6 Å². The Morgan fingerprint density at radius 1 is 1.36 bits per heavy atom. The highest BCUT2D eigenvalue weighted by atomic mass is 32.1. The first-order chi connectivity index (χ1) is 11.9. The number of fused-ring (bicyclic) bond motifs is 1. The summed E-state index contributed by atoms with van der Waals surface area (Å²) in [6, 6.07) is 4.08. The first kappa shape index (κ1) is 16.6. The highest BCUT2D eigenvalue weighted by Gasteiger charge is 2.18. The second-order valence-electron chi connectivity index (χ2n) is 5.10. The number of benzene rings is 1. The summed E-state index contributed by atoms with van der Waals surface area (Å²) in [4.78, 5) is 25.1. The summed E-state index contributed by atoms with van der Waals surface area (Å²) in [7, 11) is 1.27. The molecule has 0 aliphatic carbocycles.